The lowest BCUT2D eigenvalue weighted by molar-refractivity contribution is 0.523. The molecule has 0 saturated heterocycles. The topological polar surface area (TPSA) is 24.1 Å². The summed E-state index contributed by atoms with van der Waals surface area (Å²) in [5.41, 5.74) is 1.12. The number of nitrogens with one attached hydrogen (secondary N) is 2. The molecule has 1 aromatic rings. The molecule has 0 bridgehead atoms. The predicted octanol–water partition coefficient (Wildman–Crippen LogP) is 2.80. The van der Waals surface area contributed by atoms with Gasteiger partial charge in [0.2, 0.25) is 0 Å². The van der Waals surface area contributed by atoms with Crippen LogP contribution in [0.1, 0.15) is 12.5 Å². The van der Waals surface area contributed by atoms with Gasteiger partial charge in [-0.2, -0.15) is 0 Å². The van der Waals surface area contributed by atoms with E-state index in [1.807, 2.05) is 25.2 Å². The average molecular weight is 292 g/mol. The van der Waals surface area contributed by atoms with Crippen LogP contribution in [0.2, 0.25) is 5.02 Å². The van der Waals surface area contributed by atoms with E-state index in [0.29, 0.717) is 6.04 Å². The molecule has 1 atom stereocenters. The molecule has 1 aromatic carbocycles. The largest absolute Gasteiger partial charge is 0.318 e. The van der Waals surface area contributed by atoms with Gasteiger partial charge in [0.05, 0.1) is 0 Å². The normalized spacial score (nSPS) is 12.8. The number of hydrogen-bond donors (Lipinski definition) is 2. The van der Waals surface area contributed by atoms with Gasteiger partial charge in [-0.25, -0.2) is 0 Å². The summed E-state index contributed by atoms with van der Waals surface area (Å²) in [5.74, 6) is 0. The van der Waals surface area contributed by atoms with Crippen LogP contribution in [-0.4, -0.2) is 19.6 Å². The minimum atomic E-state index is 0.435. The van der Waals surface area contributed by atoms with E-state index < -0.39 is 0 Å². The van der Waals surface area contributed by atoms with Gasteiger partial charge in [-0.15, -0.1) is 0 Å². The Labute approximate surface area is 105 Å². The summed E-state index contributed by atoms with van der Waals surface area (Å²) in [4.78, 5) is 0. The predicted molar refractivity (Wildman–Crippen MR) is 69.4 cm³/mol. The molecule has 0 radical (unpaired) electrons. The smallest absolute Gasteiger partial charge is 0.0451 e. The molecule has 0 aromatic heterocycles. The van der Waals surface area contributed by atoms with Gasteiger partial charge in [-0.05, 0) is 37.7 Å². The standard InChI is InChI=1S/C11H16BrClN2/c1-8(6-14-2)15-7-9-5-10(12)3-4-11(9)13/h3-5,8,14-15H,6-7H2,1-2H3. The number of likely N-dealkylation sites (N-methyl/N-ethyl adjacent to an activating group) is 1. The van der Waals surface area contributed by atoms with Crippen LogP contribution in [-0.2, 0) is 6.54 Å². The number of benzene rings is 1. The molecule has 0 heterocycles. The summed E-state index contributed by atoms with van der Waals surface area (Å²) >= 11 is 9.52. The van der Waals surface area contributed by atoms with Crippen LogP contribution in [0.4, 0.5) is 0 Å². The molecule has 0 amide bonds. The van der Waals surface area contributed by atoms with Gasteiger partial charge in [0.15, 0.2) is 0 Å². The van der Waals surface area contributed by atoms with E-state index in [9.17, 15) is 0 Å². The van der Waals surface area contributed by atoms with E-state index in [1.54, 1.807) is 0 Å². The van der Waals surface area contributed by atoms with Crippen LogP contribution in [0.15, 0.2) is 22.7 Å². The van der Waals surface area contributed by atoms with Gasteiger partial charge < -0.3 is 10.6 Å². The van der Waals surface area contributed by atoms with Gasteiger partial charge in [0.25, 0.3) is 0 Å². The van der Waals surface area contributed by atoms with E-state index in [1.165, 1.54) is 0 Å². The summed E-state index contributed by atoms with van der Waals surface area (Å²) in [6.07, 6.45) is 0. The Morgan fingerprint density at radius 3 is 2.87 bits per heavy atom. The summed E-state index contributed by atoms with van der Waals surface area (Å²) in [7, 11) is 1.95. The summed E-state index contributed by atoms with van der Waals surface area (Å²) in [6, 6.07) is 6.33. The second-order valence-electron chi connectivity index (χ2n) is 3.58. The Balaban J connectivity index is 2.53. The highest BCUT2D eigenvalue weighted by Crippen LogP contribution is 2.20. The van der Waals surface area contributed by atoms with Gasteiger partial charge in [0.1, 0.15) is 0 Å². The third-order valence-corrected chi connectivity index (χ3v) is 3.02. The summed E-state index contributed by atoms with van der Waals surface area (Å²) < 4.78 is 1.06. The molecule has 15 heavy (non-hydrogen) atoms. The minimum Gasteiger partial charge on any atom is -0.318 e. The highest BCUT2D eigenvalue weighted by atomic mass is 79.9. The molecule has 0 aliphatic rings. The first-order valence-electron chi connectivity index (χ1n) is 4.95. The molecule has 1 rings (SSSR count). The molecular weight excluding hydrogens is 275 g/mol. The Morgan fingerprint density at radius 1 is 1.47 bits per heavy atom. The molecule has 0 saturated carbocycles. The monoisotopic (exact) mass is 290 g/mol. The number of rotatable bonds is 5. The van der Waals surface area contributed by atoms with Gasteiger partial charge >= 0.3 is 0 Å². The maximum Gasteiger partial charge on any atom is 0.0451 e. The van der Waals surface area contributed by atoms with Crippen molar-refractivity contribution in [3.05, 3.63) is 33.3 Å². The van der Waals surface area contributed by atoms with Crippen molar-refractivity contribution in [2.45, 2.75) is 19.5 Å². The van der Waals surface area contributed by atoms with Crippen molar-refractivity contribution in [1.29, 1.82) is 0 Å². The van der Waals surface area contributed by atoms with Crippen molar-refractivity contribution in [2.24, 2.45) is 0 Å². The van der Waals surface area contributed by atoms with Gasteiger partial charge in [-0.3, -0.25) is 0 Å². The Hall–Kier alpha value is -0.0900. The van der Waals surface area contributed by atoms with Crippen molar-refractivity contribution in [2.75, 3.05) is 13.6 Å². The first-order valence-corrected chi connectivity index (χ1v) is 6.12. The Bertz CT molecular complexity index is 317. The van der Waals surface area contributed by atoms with Crippen LogP contribution in [0.25, 0.3) is 0 Å². The lowest BCUT2D eigenvalue weighted by Crippen LogP contribution is -2.34. The van der Waals surface area contributed by atoms with Crippen molar-refractivity contribution >= 4 is 27.5 Å². The molecule has 0 aliphatic carbocycles. The third kappa shape index (κ3) is 4.51. The van der Waals surface area contributed by atoms with Crippen LogP contribution in [0, 0.1) is 0 Å². The van der Waals surface area contributed by atoms with E-state index in [4.69, 9.17) is 11.6 Å². The first-order chi connectivity index (χ1) is 7.13. The highest BCUT2D eigenvalue weighted by molar-refractivity contribution is 9.10. The van der Waals surface area contributed by atoms with Crippen molar-refractivity contribution in [3.63, 3.8) is 0 Å². The zero-order valence-electron chi connectivity index (χ0n) is 8.98. The number of halogens is 2. The van der Waals surface area contributed by atoms with Crippen LogP contribution >= 0.6 is 27.5 Å². The van der Waals surface area contributed by atoms with E-state index in [-0.39, 0.29) is 0 Å². The van der Waals surface area contributed by atoms with Gasteiger partial charge in [0, 0.05) is 28.6 Å². The van der Waals surface area contributed by atoms with Crippen LogP contribution in [0.3, 0.4) is 0 Å². The van der Waals surface area contributed by atoms with Crippen LogP contribution < -0.4 is 10.6 Å². The van der Waals surface area contributed by atoms with Crippen molar-refractivity contribution < 1.29 is 0 Å². The zero-order valence-corrected chi connectivity index (χ0v) is 11.3. The molecule has 0 aliphatic heterocycles. The second-order valence-corrected chi connectivity index (χ2v) is 4.90. The maximum atomic E-state index is 6.08. The SMILES string of the molecule is CNCC(C)NCc1cc(Br)ccc1Cl. The lowest BCUT2D eigenvalue weighted by atomic mass is 10.2. The fourth-order valence-electron chi connectivity index (χ4n) is 1.34. The molecule has 84 valence electrons. The van der Waals surface area contributed by atoms with Gasteiger partial charge in [-0.1, -0.05) is 27.5 Å². The van der Waals surface area contributed by atoms with E-state index in [2.05, 4.69) is 33.5 Å². The Morgan fingerprint density at radius 2 is 2.20 bits per heavy atom. The number of hydrogen-bond acceptors (Lipinski definition) is 2. The molecule has 1 unspecified atom stereocenters. The lowest BCUT2D eigenvalue weighted by Gasteiger charge is -2.14. The fraction of sp³-hybridized carbons (Fsp3) is 0.455. The van der Waals surface area contributed by atoms with E-state index >= 15 is 0 Å². The first kappa shape index (κ1) is 13.0. The molecular formula is C11H16BrClN2. The Kier molecular flexibility index (Phi) is 5.61. The molecule has 4 heteroatoms. The zero-order chi connectivity index (χ0) is 11.3. The quantitative estimate of drug-likeness (QED) is 0.872. The summed E-state index contributed by atoms with van der Waals surface area (Å²) in [6.45, 7) is 3.88. The molecule has 0 spiro atoms. The molecule has 0 fully saturated rings. The average Bonchev–Trinajstić information content (AvgIpc) is 2.20. The maximum absolute atomic E-state index is 6.08. The fourth-order valence-corrected chi connectivity index (χ4v) is 1.93. The second kappa shape index (κ2) is 6.48. The summed E-state index contributed by atoms with van der Waals surface area (Å²) in [5, 5.41) is 7.33. The van der Waals surface area contributed by atoms with Crippen molar-refractivity contribution in [3.8, 4) is 0 Å². The molecule has 2 nitrogen and oxygen atoms in total. The minimum absolute atomic E-state index is 0.435. The van der Waals surface area contributed by atoms with Crippen LogP contribution in [0.5, 0.6) is 0 Å². The third-order valence-electron chi connectivity index (χ3n) is 2.16. The highest BCUT2D eigenvalue weighted by Gasteiger charge is 2.03. The molecule has 2 N–H and O–H groups in total. The van der Waals surface area contributed by atoms with Crippen molar-refractivity contribution in [1.82, 2.24) is 10.6 Å². The van der Waals surface area contributed by atoms with E-state index in [0.717, 1.165) is 28.1 Å².